The molecule has 1 aliphatic heterocycles. The van der Waals surface area contributed by atoms with Crippen LogP contribution in [0.3, 0.4) is 0 Å². The Morgan fingerprint density at radius 1 is 0.618 bits per heavy atom. The highest BCUT2D eigenvalue weighted by molar-refractivity contribution is 7.07. The monoisotopic (exact) mass is 461 g/mol. The second-order valence-corrected chi connectivity index (χ2v) is 15.0. The Morgan fingerprint density at radius 2 is 1.12 bits per heavy atom. The topological polar surface area (TPSA) is 20.3 Å². The van der Waals surface area contributed by atoms with Crippen molar-refractivity contribution in [2.75, 3.05) is 4.90 Å². The smallest absolute Gasteiger partial charge is 0.150 e. The number of benzene rings is 4. The number of nitrogens with zero attached hydrogens (tertiary/aromatic N) is 1. The zero-order valence-electron chi connectivity index (χ0n) is 20.3. The van der Waals surface area contributed by atoms with Crippen molar-refractivity contribution in [2.45, 2.75) is 38.8 Å². The van der Waals surface area contributed by atoms with Gasteiger partial charge in [0.1, 0.15) is 14.4 Å². The summed E-state index contributed by atoms with van der Waals surface area (Å²) in [5, 5.41) is 2.91. The van der Waals surface area contributed by atoms with E-state index in [-0.39, 0.29) is 0 Å². The van der Waals surface area contributed by atoms with Gasteiger partial charge in [0.15, 0.2) is 0 Å². The molecule has 0 unspecified atom stereocenters. The molecule has 4 aromatic rings. The highest BCUT2D eigenvalue weighted by atomic mass is 28.3. The third kappa shape index (κ3) is 3.34. The molecule has 0 fully saturated rings. The molecule has 0 spiro atoms. The third-order valence-electron chi connectivity index (χ3n) is 7.47. The minimum atomic E-state index is -2.14. The van der Waals surface area contributed by atoms with E-state index in [2.05, 4.69) is 124 Å². The van der Waals surface area contributed by atoms with E-state index in [4.69, 9.17) is 0 Å². The predicted octanol–water partition coefficient (Wildman–Crippen LogP) is 7.33. The summed E-state index contributed by atoms with van der Waals surface area (Å²) in [6.07, 6.45) is 0.987. The predicted molar refractivity (Wildman–Crippen MR) is 147 cm³/mol. The summed E-state index contributed by atoms with van der Waals surface area (Å²) in [7, 11) is -2.14. The van der Waals surface area contributed by atoms with Gasteiger partial charge in [-0.2, -0.15) is 0 Å². The minimum Gasteiger partial charge on any atom is -0.311 e. The van der Waals surface area contributed by atoms with Crippen LogP contribution >= 0.6 is 0 Å². The van der Waals surface area contributed by atoms with Crippen molar-refractivity contribution >= 4 is 41.8 Å². The van der Waals surface area contributed by atoms with Crippen molar-refractivity contribution in [3.8, 4) is 11.1 Å². The lowest BCUT2D eigenvalue weighted by atomic mass is 10.0. The van der Waals surface area contributed by atoms with Crippen molar-refractivity contribution in [1.29, 1.82) is 0 Å². The molecule has 0 radical (unpaired) electrons. The first-order valence-electron chi connectivity index (χ1n) is 12.1. The normalized spacial score (nSPS) is 13.6. The molecular weight excluding hydrogens is 430 g/mol. The van der Waals surface area contributed by atoms with Crippen LogP contribution in [0, 0.1) is 0 Å². The zero-order valence-corrected chi connectivity index (χ0v) is 21.3. The molecule has 2 nitrogen and oxygen atoms in total. The van der Waals surface area contributed by atoms with Gasteiger partial charge < -0.3 is 4.90 Å². The van der Waals surface area contributed by atoms with E-state index in [0.717, 1.165) is 23.2 Å². The number of carbonyl (C=O) groups excluding carboxylic acids is 1. The fourth-order valence-corrected chi connectivity index (χ4v) is 12.3. The lowest BCUT2D eigenvalue weighted by molar-refractivity contribution is 0.112. The fraction of sp³-hybridized carbons (Fsp3) is 0.194. The second kappa shape index (κ2) is 8.73. The molecule has 0 N–H and O–H groups in total. The summed E-state index contributed by atoms with van der Waals surface area (Å²) in [6.45, 7) is 9.49. The first-order valence-corrected chi connectivity index (χ1v) is 14.3. The maximum absolute atomic E-state index is 11.7. The highest BCUT2D eigenvalue weighted by Crippen LogP contribution is 2.43. The fourth-order valence-electron chi connectivity index (χ4n) is 6.12. The van der Waals surface area contributed by atoms with E-state index in [1.54, 1.807) is 0 Å². The minimum absolute atomic E-state index is 0.506. The van der Waals surface area contributed by atoms with Crippen LogP contribution in [-0.2, 0) is 0 Å². The Bertz CT molecular complexity index is 1280. The zero-order chi connectivity index (χ0) is 23.9. The summed E-state index contributed by atoms with van der Waals surface area (Å²) in [5.74, 6) is 0. The van der Waals surface area contributed by atoms with Gasteiger partial charge in [-0.3, -0.25) is 4.79 Å². The van der Waals surface area contributed by atoms with Gasteiger partial charge in [-0.1, -0.05) is 88.4 Å². The molecular formula is C31H31NOSi. The number of carbonyl (C=O) groups is 1. The Morgan fingerprint density at radius 3 is 1.62 bits per heavy atom. The van der Waals surface area contributed by atoms with Crippen LogP contribution in [0.2, 0.25) is 11.1 Å². The van der Waals surface area contributed by atoms with E-state index < -0.39 is 8.07 Å². The number of hydrogen-bond donors (Lipinski definition) is 0. The Kier molecular flexibility index (Phi) is 5.74. The number of para-hydroxylation sites is 2. The van der Waals surface area contributed by atoms with E-state index in [1.165, 1.54) is 27.2 Å². The van der Waals surface area contributed by atoms with Crippen LogP contribution < -0.4 is 15.3 Å². The highest BCUT2D eigenvalue weighted by Gasteiger charge is 2.50. The quantitative estimate of drug-likeness (QED) is 0.221. The van der Waals surface area contributed by atoms with Crippen molar-refractivity contribution in [3.63, 3.8) is 0 Å². The average Bonchev–Trinajstić information content (AvgIpc) is 3.15. The summed E-state index contributed by atoms with van der Waals surface area (Å²) < 4.78 is 0. The molecule has 0 saturated heterocycles. The first-order chi connectivity index (χ1) is 16.5. The molecule has 170 valence electrons. The van der Waals surface area contributed by atoms with Crippen LogP contribution in [0.1, 0.15) is 38.1 Å². The van der Waals surface area contributed by atoms with E-state index in [9.17, 15) is 4.79 Å². The van der Waals surface area contributed by atoms with Gasteiger partial charge in [0, 0.05) is 22.6 Å². The van der Waals surface area contributed by atoms with Gasteiger partial charge in [-0.25, -0.2) is 0 Å². The van der Waals surface area contributed by atoms with Crippen LogP contribution in [0.25, 0.3) is 11.1 Å². The van der Waals surface area contributed by atoms with Crippen molar-refractivity contribution < 1.29 is 4.79 Å². The number of aldehydes is 1. The lowest BCUT2D eigenvalue weighted by Crippen LogP contribution is -2.60. The van der Waals surface area contributed by atoms with Crippen molar-refractivity contribution in [3.05, 3.63) is 103 Å². The Hall–Kier alpha value is -3.43. The summed E-state index contributed by atoms with van der Waals surface area (Å²) in [5.41, 5.74) is 7.91. The van der Waals surface area contributed by atoms with E-state index in [0.29, 0.717) is 11.1 Å². The van der Waals surface area contributed by atoms with Crippen LogP contribution in [0.15, 0.2) is 97.1 Å². The molecule has 3 heteroatoms. The van der Waals surface area contributed by atoms with Gasteiger partial charge in [-0.05, 0) is 69.0 Å². The molecule has 0 aliphatic carbocycles. The number of fused-ring (bicyclic) bond motifs is 3. The molecule has 0 amide bonds. The molecule has 0 atom stereocenters. The van der Waals surface area contributed by atoms with Crippen molar-refractivity contribution in [2.24, 2.45) is 0 Å². The summed E-state index contributed by atoms with van der Waals surface area (Å²) in [6, 6.07) is 34.5. The number of hydrogen-bond acceptors (Lipinski definition) is 2. The van der Waals surface area contributed by atoms with Gasteiger partial charge in [0.25, 0.3) is 0 Å². The standard InChI is InChI=1S/C31H31NOSi/c1-22(2)34(23(3)4)30-19-24(21-33)15-17-28(30)29-18-16-27(20-31(29)34)32(25-11-7-5-8-12-25)26-13-9-6-10-14-26/h5-23H,1-4H3. The van der Waals surface area contributed by atoms with E-state index >= 15 is 0 Å². The lowest BCUT2D eigenvalue weighted by Gasteiger charge is -2.38. The first kappa shape index (κ1) is 22.4. The molecule has 5 rings (SSSR count). The molecule has 0 saturated carbocycles. The third-order valence-corrected chi connectivity index (χ3v) is 13.7. The summed E-state index contributed by atoms with van der Waals surface area (Å²) >= 11 is 0. The van der Waals surface area contributed by atoms with Crippen molar-refractivity contribution in [1.82, 2.24) is 0 Å². The molecule has 0 bridgehead atoms. The van der Waals surface area contributed by atoms with Gasteiger partial charge in [0.2, 0.25) is 0 Å². The van der Waals surface area contributed by atoms with E-state index in [1.807, 2.05) is 6.07 Å². The molecule has 1 heterocycles. The van der Waals surface area contributed by atoms with Crippen LogP contribution in [0.5, 0.6) is 0 Å². The van der Waals surface area contributed by atoms with Crippen LogP contribution in [-0.4, -0.2) is 14.4 Å². The van der Waals surface area contributed by atoms with Gasteiger partial charge in [0.05, 0.1) is 0 Å². The van der Waals surface area contributed by atoms with Gasteiger partial charge >= 0.3 is 0 Å². The molecule has 1 aliphatic rings. The van der Waals surface area contributed by atoms with Gasteiger partial charge in [-0.15, -0.1) is 0 Å². The average molecular weight is 462 g/mol. The molecule has 0 aromatic heterocycles. The SMILES string of the molecule is CC(C)[Si]1(C(C)C)c2cc(C=O)ccc2-c2ccc(N(c3ccccc3)c3ccccc3)cc21. The number of anilines is 3. The molecule has 4 aromatic carbocycles. The number of rotatable bonds is 6. The largest absolute Gasteiger partial charge is 0.311 e. The maximum Gasteiger partial charge on any atom is 0.150 e. The molecule has 34 heavy (non-hydrogen) atoms. The Balaban J connectivity index is 1.78. The Labute approximate surface area is 203 Å². The summed E-state index contributed by atoms with van der Waals surface area (Å²) in [4.78, 5) is 14.0. The van der Waals surface area contributed by atoms with Crippen LogP contribution in [0.4, 0.5) is 17.1 Å². The second-order valence-electron chi connectivity index (χ2n) is 9.84. The maximum atomic E-state index is 11.7.